The Labute approximate surface area is 151 Å². The quantitative estimate of drug-likeness (QED) is 0.710. The summed E-state index contributed by atoms with van der Waals surface area (Å²) in [6.45, 7) is 4.43. The van der Waals surface area contributed by atoms with Crippen LogP contribution in [-0.2, 0) is 22.3 Å². The fraction of sp³-hybridized carbons (Fsp3) is 0.714. The lowest BCUT2D eigenvalue weighted by molar-refractivity contribution is -0.000303. The van der Waals surface area contributed by atoms with Gasteiger partial charge < -0.3 is 20.3 Å². The molecule has 3 N–H and O–H groups in total. The van der Waals surface area contributed by atoms with Crippen molar-refractivity contribution in [3.05, 3.63) is 34.9 Å². The van der Waals surface area contributed by atoms with Crippen LogP contribution < -0.4 is 5.73 Å². The number of aliphatic hydroxyl groups excluding tert-OH is 1. The van der Waals surface area contributed by atoms with Crippen LogP contribution in [0.2, 0.25) is 0 Å². The van der Waals surface area contributed by atoms with Gasteiger partial charge in [-0.05, 0) is 67.6 Å². The monoisotopic (exact) mass is 347 g/mol. The Bertz CT molecular complexity index is 562. The summed E-state index contributed by atoms with van der Waals surface area (Å²) < 4.78 is 11.5. The molecule has 0 aromatic heterocycles. The second-order valence-electron chi connectivity index (χ2n) is 7.84. The molecule has 0 spiro atoms. The van der Waals surface area contributed by atoms with Crippen LogP contribution in [0.5, 0.6) is 0 Å². The average Bonchev–Trinajstić information content (AvgIpc) is 3.04. The maximum Gasteiger partial charge on any atom is 0.0704 e. The van der Waals surface area contributed by atoms with Crippen LogP contribution in [0.15, 0.2) is 18.2 Å². The summed E-state index contributed by atoms with van der Waals surface area (Å²) in [6, 6.07) is 6.92. The number of rotatable bonds is 8. The van der Waals surface area contributed by atoms with Crippen molar-refractivity contribution in [2.24, 2.45) is 5.73 Å². The van der Waals surface area contributed by atoms with Crippen molar-refractivity contribution in [3.8, 4) is 0 Å². The molecule has 2 aliphatic carbocycles. The largest absolute Gasteiger partial charge is 0.394 e. The summed E-state index contributed by atoms with van der Waals surface area (Å²) in [5, 5.41) is 9.48. The predicted molar refractivity (Wildman–Crippen MR) is 99.9 cm³/mol. The molecule has 0 radical (unpaired) electrons. The zero-order chi connectivity index (χ0) is 17.7. The number of aryl methyl sites for hydroxylation is 1. The molecule has 1 fully saturated rings. The lowest BCUT2D eigenvalue weighted by atomic mass is 9.85. The van der Waals surface area contributed by atoms with Gasteiger partial charge in [0.05, 0.1) is 25.9 Å². The van der Waals surface area contributed by atoms with E-state index in [9.17, 15) is 5.11 Å². The Morgan fingerprint density at radius 2 is 2.08 bits per heavy atom. The molecule has 3 rings (SSSR count). The van der Waals surface area contributed by atoms with Gasteiger partial charge in [0.15, 0.2) is 0 Å². The fourth-order valence-electron chi connectivity index (χ4n) is 4.24. The van der Waals surface area contributed by atoms with Gasteiger partial charge in [0.2, 0.25) is 0 Å². The molecule has 4 nitrogen and oxygen atoms in total. The molecule has 3 atom stereocenters. The van der Waals surface area contributed by atoms with Crippen molar-refractivity contribution in [1.29, 1.82) is 0 Å². The average molecular weight is 347 g/mol. The standard InChI is InChI=1S/C21H33NO3/c1-2-9-24-10-11-25-20-6-5-16-12-17(3-4-18(16)13-20)19-7-8-21(22,14-19)15-23/h3-4,12,19-20,23H,2,5-11,13-15,22H2,1H3/t19-,20-,21+/m0/s1. The molecule has 2 aliphatic rings. The Morgan fingerprint density at radius 3 is 2.84 bits per heavy atom. The SMILES string of the molecule is CCCOCCO[C@H]1CCc2cc([C@H]3CC[C@](N)(CO)C3)ccc2C1. The minimum absolute atomic E-state index is 0.0927. The van der Waals surface area contributed by atoms with Crippen LogP contribution in [0.3, 0.4) is 0 Å². The summed E-state index contributed by atoms with van der Waals surface area (Å²) in [6.07, 6.45) is 7.46. The second kappa shape index (κ2) is 8.63. The third kappa shape index (κ3) is 4.82. The molecule has 140 valence electrons. The smallest absolute Gasteiger partial charge is 0.0704 e. The molecular formula is C21H33NO3. The van der Waals surface area contributed by atoms with E-state index in [1.807, 2.05) is 0 Å². The third-order valence-electron chi connectivity index (χ3n) is 5.77. The van der Waals surface area contributed by atoms with E-state index in [4.69, 9.17) is 15.2 Å². The van der Waals surface area contributed by atoms with Gasteiger partial charge in [-0.2, -0.15) is 0 Å². The Morgan fingerprint density at radius 1 is 1.20 bits per heavy atom. The van der Waals surface area contributed by atoms with E-state index in [1.165, 1.54) is 16.7 Å². The van der Waals surface area contributed by atoms with E-state index >= 15 is 0 Å². The first-order chi connectivity index (χ1) is 12.1. The molecule has 0 unspecified atom stereocenters. The van der Waals surface area contributed by atoms with Crippen LogP contribution in [0.4, 0.5) is 0 Å². The van der Waals surface area contributed by atoms with Crippen molar-refractivity contribution >= 4 is 0 Å². The number of nitrogens with two attached hydrogens (primary N) is 1. The number of fused-ring (bicyclic) bond motifs is 1. The minimum Gasteiger partial charge on any atom is -0.394 e. The summed E-state index contributed by atoms with van der Waals surface area (Å²) in [7, 11) is 0. The number of hydrogen-bond acceptors (Lipinski definition) is 4. The van der Waals surface area contributed by atoms with Crippen molar-refractivity contribution in [1.82, 2.24) is 0 Å². The van der Waals surface area contributed by atoms with E-state index in [1.54, 1.807) is 0 Å². The van der Waals surface area contributed by atoms with E-state index in [0.29, 0.717) is 25.2 Å². The fourth-order valence-corrected chi connectivity index (χ4v) is 4.24. The molecule has 0 amide bonds. The summed E-state index contributed by atoms with van der Waals surface area (Å²) >= 11 is 0. The first kappa shape index (κ1) is 18.8. The van der Waals surface area contributed by atoms with Crippen LogP contribution >= 0.6 is 0 Å². The van der Waals surface area contributed by atoms with Crippen molar-refractivity contribution < 1.29 is 14.6 Å². The van der Waals surface area contributed by atoms with Crippen LogP contribution in [-0.4, -0.2) is 43.2 Å². The maximum atomic E-state index is 9.48. The van der Waals surface area contributed by atoms with Crippen LogP contribution in [0, 0.1) is 0 Å². The van der Waals surface area contributed by atoms with Gasteiger partial charge in [0, 0.05) is 12.1 Å². The lowest BCUT2D eigenvalue weighted by Gasteiger charge is -2.26. The minimum atomic E-state index is -0.376. The summed E-state index contributed by atoms with van der Waals surface area (Å²) in [5.74, 6) is 0.493. The highest BCUT2D eigenvalue weighted by atomic mass is 16.5. The van der Waals surface area contributed by atoms with Crippen LogP contribution in [0.1, 0.15) is 61.6 Å². The summed E-state index contributed by atoms with van der Waals surface area (Å²) in [4.78, 5) is 0. The molecule has 25 heavy (non-hydrogen) atoms. The second-order valence-corrected chi connectivity index (χ2v) is 7.84. The van der Waals surface area contributed by atoms with Gasteiger partial charge in [0.25, 0.3) is 0 Å². The first-order valence-corrected chi connectivity index (χ1v) is 9.84. The molecule has 0 saturated heterocycles. The number of ether oxygens (including phenoxy) is 2. The Balaban J connectivity index is 1.53. The van der Waals surface area contributed by atoms with Gasteiger partial charge in [-0.15, -0.1) is 0 Å². The topological polar surface area (TPSA) is 64.7 Å². The molecule has 0 heterocycles. The van der Waals surface area contributed by atoms with E-state index in [0.717, 1.165) is 51.6 Å². The maximum absolute atomic E-state index is 9.48. The molecule has 0 bridgehead atoms. The van der Waals surface area contributed by atoms with Crippen molar-refractivity contribution in [2.45, 2.75) is 69.4 Å². The molecule has 0 aliphatic heterocycles. The zero-order valence-corrected chi connectivity index (χ0v) is 15.5. The lowest BCUT2D eigenvalue weighted by Crippen LogP contribution is -2.40. The molecular weight excluding hydrogens is 314 g/mol. The number of hydrogen-bond donors (Lipinski definition) is 2. The highest BCUT2D eigenvalue weighted by Gasteiger charge is 2.36. The predicted octanol–water partition coefficient (Wildman–Crippen LogP) is 2.94. The molecule has 1 saturated carbocycles. The van der Waals surface area contributed by atoms with Gasteiger partial charge in [-0.3, -0.25) is 0 Å². The normalized spacial score (nSPS) is 28.9. The third-order valence-corrected chi connectivity index (χ3v) is 5.77. The molecule has 1 aromatic rings. The Hall–Kier alpha value is -0.940. The van der Waals surface area contributed by atoms with Gasteiger partial charge in [-0.25, -0.2) is 0 Å². The van der Waals surface area contributed by atoms with E-state index < -0.39 is 0 Å². The molecule has 1 aromatic carbocycles. The molecule has 4 heteroatoms. The van der Waals surface area contributed by atoms with Gasteiger partial charge in [-0.1, -0.05) is 25.1 Å². The van der Waals surface area contributed by atoms with Crippen LogP contribution in [0.25, 0.3) is 0 Å². The number of aliphatic hydroxyl groups is 1. The van der Waals surface area contributed by atoms with Crippen molar-refractivity contribution in [3.63, 3.8) is 0 Å². The van der Waals surface area contributed by atoms with E-state index in [2.05, 4.69) is 25.1 Å². The highest BCUT2D eigenvalue weighted by Crippen LogP contribution is 2.40. The van der Waals surface area contributed by atoms with E-state index in [-0.39, 0.29) is 12.1 Å². The van der Waals surface area contributed by atoms with Gasteiger partial charge >= 0.3 is 0 Å². The van der Waals surface area contributed by atoms with Crippen molar-refractivity contribution in [2.75, 3.05) is 26.4 Å². The first-order valence-electron chi connectivity index (χ1n) is 9.84. The Kier molecular flexibility index (Phi) is 6.50. The zero-order valence-electron chi connectivity index (χ0n) is 15.5. The summed E-state index contributed by atoms with van der Waals surface area (Å²) in [5.41, 5.74) is 10.2. The highest BCUT2D eigenvalue weighted by molar-refractivity contribution is 5.36. The van der Waals surface area contributed by atoms with Gasteiger partial charge in [0.1, 0.15) is 0 Å². The number of benzene rings is 1.